The Kier molecular flexibility index (Phi) is 4.43. The molecule has 0 spiro atoms. The Morgan fingerprint density at radius 3 is 2.14 bits per heavy atom. The van der Waals surface area contributed by atoms with Crippen LogP contribution in [0.4, 0.5) is 8.78 Å². The van der Waals surface area contributed by atoms with Crippen molar-refractivity contribution in [1.82, 2.24) is 0 Å². The van der Waals surface area contributed by atoms with Crippen LogP contribution in [0.15, 0.2) is 42.5 Å². The molecule has 1 unspecified atom stereocenters. The van der Waals surface area contributed by atoms with Gasteiger partial charge < -0.3 is 5.73 Å². The Morgan fingerprint density at radius 2 is 1.57 bits per heavy atom. The maximum absolute atomic E-state index is 13.2. The van der Waals surface area contributed by atoms with Gasteiger partial charge in [-0.25, -0.2) is 8.78 Å². The van der Waals surface area contributed by atoms with Gasteiger partial charge in [-0.3, -0.25) is 0 Å². The van der Waals surface area contributed by atoms with Gasteiger partial charge in [0.2, 0.25) is 0 Å². The average molecular weight is 289 g/mol. The van der Waals surface area contributed by atoms with Gasteiger partial charge in [-0.15, -0.1) is 0 Å². The lowest BCUT2D eigenvalue weighted by Gasteiger charge is -2.32. The van der Waals surface area contributed by atoms with Gasteiger partial charge in [0.25, 0.3) is 0 Å². The van der Waals surface area contributed by atoms with Gasteiger partial charge in [0.1, 0.15) is 11.6 Å². The Hall–Kier alpha value is -1.74. The molecule has 112 valence electrons. The fourth-order valence-corrected chi connectivity index (χ4v) is 2.47. The lowest BCUT2D eigenvalue weighted by molar-refractivity contribution is 0.405. The Morgan fingerprint density at radius 1 is 1.00 bits per heavy atom. The number of rotatable bonds is 4. The van der Waals surface area contributed by atoms with E-state index in [-0.39, 0.29) is 23.1 Å². The number of hydrogen-bond acceptors (Lipinski definition) is 1. The van der Waals surface area contributed by atoms with E-state index >= 15 is 0 Å². The summed E-state index contributed by atoms with van der Waals surface area (Å²) < 4.78 is 26.2. The Balaban J connectivity index is 2.21. The zero-order valence-electron chi connectivity index (χ0n) is 12.7. The zero-order valence-corrected chi connectivity index (χ0v) is 12.7. The summed E-state index contributed by atoms with van der Waals surface area (Å²) in [5.41, 5.74) is 9.02. The fraction of sp³-hybridized carbons (Fsp3) is 0.333. The first-order valence-electron chi connectivity index (χ1n) is 7.07. The highest BCUT2D eigenvalue weighted by Crippen LogP contribution is 2.28. The van der Waals surface area contributed by atoms with Crippen LogP contribution in [-0.4, -0.2) is 6.04 Å². The monoisotopic (exact) mass is 289 g/mol. The number of halogens is 2. The fourth-order valence-electron chi connectivity index (χ4n) is 2.47. The van der Waals surface area contributed by atoms with Gasteiger partial charge in [0, 0.05) is 11.5 Å². The molecule has 0 aliphatic heterocycles. The van der Waals surface area contributed by atoms with E-state index in [0.717, 1.165) is 16.7 Å². The number of benzene rings is 2. The number of hydrogen-bond donors (Lipinski definition) is 1. The Bertz CT molecular complexity index is 618. The smallest absolute Gasteiger partial charge is 0.123 e. The zero-order chi connectivity index (χ0) is 15.6. The summed E-state index contributed by atoms with van der Waals surface area (Å²) in [5.74, 6) is -0.486. The minimum absolute atomic E-state index is 0.146. The van der Waals surface area contributed by atoms with Crippen molar-refractivity contribution in [2.75, 3.05) is 0 Å². The van der Waals surface area contributed by atoms with E-state index in [1.165, 1.54) is 24.3 Å². The van der Waals surface area contributed by atoms with Crippen molar-refractivity contribution in [3.05, 3.63) is 70.8 Å². The predicted molar refractivity (Wildman–Crippen MR) is 82.2 cm³/mol. The highest BCUT2D eigenvalue weighted by molar-refractivity contribution is 5.31. The van der Waals surface area contributed by atoms with Crippen molar-refractivity contribution >= 4 is 0 Å². The predicted octanol–water partition coefficient (Wildman–Crippen LogP) is 4.12. The standard InChI is InChI=1S/C18H21F2N/c1-12-10-16(20)7-4-13(12)11-17(21)18(2,3)14-5-8-15(19)9-6-14/h4-10,17H,11,21H2,1-3H3. The Labute approximate surface area is 124 Å². The maximum Gasteiger partial charge on any atom is 0.123 e. The molecule has 1 atom stereocenters. The maximum atomic E-state index is 13.2. The van der Waals surface area contributed by atoms with Crippen LogP contribution in [0.1, 0.15) is 30.5 Å². The molecule has 21 heavy (non-hydrogen) atoms. The third-order valence-corrected chi connectivity index (χ3v) is 4.26. The molecule has 0 aromatic heterocycles. The molecule has 2 aromatic carbocycles. The molecule has 0 bridgehead atoms. The SMILES string of the molecule is Cc1cc(F)ccc1CC(N)C(C)(C)c1ccc(F)cc1. The minimum Gasteiger partial charge on any atom is -0.327 e. The molecular formula is C18H21F2N. The van der Waals surface area contributed by atoms with Crippen molar-refractivity contribution in [3.63, 3.8) is 0 Å². The molecule has 2 rings (SSSR count). The van der Waals surface area contributed by atoms with Crippen molar-refractivity contribution < 1.29 is 8.78 Å². The van der Waals surface area contributed by atoms with Gasteiger partial charge >= 0.3 is 0 Å². The first-order chi connectivity index (χ1) is 9.80. The van der Waals surface area contributed by atoms with Crippen molar-refractivity contribution in [2.24, 2.45) is 5.73 Å². The first kappa shape index (κ1) is 15.6. The first-order valence-corrected chi connectivity index (χ1v) is 7.07. The second kappa shape index (κ2) is 5.94. The normalized spacial score (nSPS) is 13.2. The second-order valence-electron chi connectivity index (χ2n) is 6.11. The molecule has 1 nitrogen and oxygen atoms in total. The summed E-state index contributed by atoms with van der Waals surface area (Å²) in [7, 11) is 0. The molecule has 2 aromatic rings. The van der Waals surface area contributed by atoms with E-state index in [4.69, 9.17) is 5.73 Å². The molecule has 0 saturated carbocycles. The lowest BCUT2D eigenvalue weighted by Crippen LogP contribution is -2.42. The van der Waals surface area contributed by atoms with Gasteiger partial charge in [0.05, 0.1) is 0 Å². The molecular weight excluding hydrogens is 268 g/mol. The highest BCUT2D eigenvalue weighted by Gasteiger charge is 2.28. The molecule has 0 fully saturated rings. The van der Waals surface area contributed by atoms with Crippen LogP contribution in [0.5, 0.6) is 0 Å². The summed E-state index contributed by atoms with van der Waals surface area (Å²) in [6.45, 7) is 5.98. The highest BCUT2D eigenvalue weighted by atomic mass is 19.1. The van der Waals surface area contributed by atoms with Gasteiger partial charge in [-0.2, -0.15) is 0 Å². The number of aryl methyl sites for hydroxylation is 1. The van der Waals surface area contributed by atoms with E-state index in [0.29, 0.717) is 6.42 Å². The molecule has 0 aliphatic rings. The van der Waals surface area contributed by atoms with E-state index in [9.17, 15) is 8.78 Å². The van der Waals surface area contributed by atoms with Crippen LogP contribution in [0.3, 0.4) is 0 Å². The lowest BCUT2D eigenvalue weighted by atomic mass is 9.75. The average Bonchev–Trinajstić information content (AvgIpc) is 2.42. The summed E-state index contributed by atoms with van der Waals surface area (Å²) >= 11 is 0. The minimum atomic E-state index is -0.297. The van der Waals surface area contributed by atoms with E-state index < -0.39 is 0 Å². The summed E-state index contributed by atoms with van der Waals surface area (Å²) in [4.78, 5) is 0. The molecule has 0 aliphatic carbocycles. The molecule has 0 amide bonds. The molecule has 0 radical (unpaired) electrons. The summed E-state index contributed by atoms with van der Waals surface area (Å²) in [6.07, 6.45) is 0.649. The summed E-state index contributed by atoms with van der Waals surface area (Å²) in [6, 6.07) is 11.1. The van der Waals surface area contributed by atoms with E-state index in [2.05, 4.69) is 0 Å². The van der Waals surface area contributed by atoms with E-state index in [1.807, 2.05) is 20.8 Å². The second-order valence-corrected chi connectivity index (χ2v) is 6.11. The third kappa shape index (κ3) is 3.48. The quantitative estimate of drug-likeness (QED) is 0.900. The van der Waals surface area contributed by atoms with Gasteiger partial charge in [-0.05, 0) is 54.3 Å². The topological polar surface area (TPSA) is 26.0 Å². The van der Waals surface area contributed by atoms with Crippen LogP contribution >= 0.6 is 0 Å². The molecule has 2 N–H and O–H groups in total. The van der Waals surface area contributed by atoms with Crippen LogP contribution < -0.4 is 5.73 Å². The van der Waals surface area contributed by atoms with Crippen LogP contribution in [-0.2, 0) is 11.8 Å². The van der Waals surface area contributed by atoms with Crippen LogP contribution in [0.2, 0.25) is 0 Å². The van der Waals surface area contributed by atoms with Gasteiger partial charge in [-0.1, -0.05) is 32.0 Å². The third-order valence-electron chi connectivity index (χ3n) is 4.26. The molecule has 3 heteroatoms. The van der Waals surface area contributed by atoms with Crippen LogP contribution in [0, 0.1) is 18.6 Å². The van der Waals surface area contributed by atoms with Crippen molar-refractivity contribution in [2.45, 2.75) is 38.6 Å². The number of nitrogens with two attached hydrogens (primary N) is 1. The largest absolute Gasteiger partial charge is 0.327 e. The van der Waals surface area contributed by atoms with Crippen molar-refractivity contribution in [1.29, 1.82) is 0 Å². The van der Waals surface area contributed by atoms with Crippen molar-refractivity contribution in [3.8, 4) is 0 Å². The molecule has 0 heterocycles. The summed E-state index contributed by atoms with van der Waals surface area (Å²) in [5, 5.41) is 0. The van der Waals surface area contributed by atoms with Crippen LogP contribution in [0.25, 0.3) is 0 Å². The van der Waals surface area contributed by atoms with Gasteiger partial charge in [0.15, 0.2) is 0 Å². The van der Waals surface area contributed by atoms with E-state index in [1.54, 1.807) is 18.2 Å². The molecule has 0 saturated heterocycles.